The van der Waals surface area contributed by atoms with Gasteiger partial charge in [0.1, 0.15) is 0 Å². The van der Waals surface area contributed by atoms with Crippen LogP contribution in [-0.2, 0) is 9.63 Å². The summed E-state index contributed by atoms with van der Waals surface area (Å²) in [6, 6.07) is 15.7. The van der Waals surface area contributed by atoms with E-state index in [9.17, 15) is 4.79 Å². The Morgan fingerprint density at radius 3 is 2.44 bits per heavy atom. The van der Waals surface area contributed by atoms with Crippen molar-refractivity contribution >= 4 is 17.4 Å². The van der Waals surface area contributed by atoms with Gasteiger partial charge in [-0.25, -0.2) is 14.9 Å². The smallest absolute Gasteiger partial charge is 0.229 e. The van der Waals surface area contributed by atoms with E-state index < -0.39 is 5.72 Å². The van der Waals surface area contributed by atoms with Crippen molar-refractivity contribution in [3.63, 3.8) is 0 Å². The molecule has 5 heteroatoms. The number of nitrogens with zero attached hydrogens (tertiary/aromatic N) is 2. The molecule has 0 aliphatic carbocycles. The Kier molecular flexibility index (Phi) is 4.59. The number of hydrogen-bond donors (Lipinski definition) is 1. The summed E-state index contributed by atoms with van der Waals surface area (Å²) in [4.78, 5) is 23.0. The quantitative estimate of drug-likeness (QED) is 0.926. The highest BCUT2D eigenvalue weighted by Crippen LogP contribution is 2.29. The van der Waals surface area contributed by atoms with Crippen LogP contribution in [0.4, 0.5) is 5.69 Å². The Bertz CT molecular complexity index is 831. The van der Waals surface area contributed by atoms with E-state index in [0.29, 0.717) is 0 Å². The third-order valence-electron chi connectivity index (χ3n) is 4.27. The second-order valence-electron chi connectivity index (χ2n) is 6.55. The van der Waals surface area contributed by atoms with Gasteiger partial charge in [0.25, 0.3) is 0 Å². The van der Waals surface area contributed by atoms with Gasteiger partial charge in [0.05, 0.1) is 6.42 Å². The van der Waals surface area contributed by atoms with Crippen LogP contribution in [0.1, 0.15) is 30.0 Å². The number of hydroxylamine groups is 2. The van der Waals surface area contributed by atoms with Crippen LogP contribution in [-0.4, -0.2) is 29.6 Å². The SMILES string of the molecule is Cc1ccccc1NC(=O)CC1(C)N=C(c2ccccc2C)N(C)O1. The summed E-state index contributed by atoms with van der Waals surface area (Å²) in [7, 11) is 1.82. The van der Waals surface area contributed by atoms with Crippen molar-refractivity contribution in [2.24, 2.45) is 4.99 Å². The number of hydrogen-bond acceptors (Lipinski definition) is 4. The predicted octanol–water partition coefficient (Wildman–Crippen LogP) is 3.67. The van der Waals surface area contributed by atoms with Crippen molar-refractivity contribution in [1.82, 2.24) is 5.06 Å². The molecule has 0 radical (unpaired) electrons. The van der Waals surface area contributed by atoms with E-state index in [4.69, 9.17) is 9.83 Å². The van der Waals surface area contributed by atoms with Gasteiger partial charge in [-0.1, -0.05) is 42.5 Å². The fraction of sp³-hybridized carbons (Fsp3) is 0.300. The van der Waals surface area contributed by atoms with Crippen LogP contribution in [0.15, 0.2) is 53.5 Å². The molecule has 1 amide bonds. The van der Waals surface area contributed by atoms with E-state index >= 15 is 0 Å². The second kappa shape index (κ2) is 6.69. The zero-order chi connectivity index (χ0) is 18.0. The van der Waals surface area contributed by atoms with Gasteiger partial charge in [0, 0.05) is 18.3 Å². The highest BCUT2D eigenvalue weighted by Gasteiger charge is 2.38. The first-order valence-electron chi connectivity index (χ1n) is 8.32. The lowest BCUT2D eigenvalue weighted by Crippen LogP contribution is -2.32. The van der Waals surface area contributed by atoms with E-state index in [1.165, 1.54) is 0 Å². The summed E-state index contributed by atoms with van der Waals surface area (Å²) >= 11 is 0. The summed E-state index contributed by atoms with van der Waals surface area (Å²) in [5.41, 5.74) is 3.04. The van der Waals surface area contributed by atoms with Gasteiger partial charge in [0.2, 0.25) is 5.91 Å². The maximum atomic E-state index is 12.5. The average Bonchev–Trinajstić information content (AvgIpc) is 2.84. The minimum atomic E-state index is -0.918. The number of amides is 1. The first-order valence-corrected chi connectivity index (χ1v) is 8.32. The molecule has 2 aromatic rings. The average molecular weight is 337 g/mol. The highest BCUT2D eigenvalue weighted by molar-refractivity contribution is 6.00. The Morgan fingerprint density at radius 1 is 1.12 bits per heavy atom. The first-order chi connectivity index (χ1) is 11.9. The maximum absolute atomic E-state index is 12.5. The molecule has 25 heavy (non-hydrogen) atoms. The van der Waals surface area contributed by atoms with E-state index in [1.807, 2.05) is 76.3 Å². The molecular weight excluding hydrogens is 314 g/mol. The van der Waals surface area contributed by atoms with Gasteiger partial charge >= 0.3 is 0 Å². The van der Waals surface area contributed by atoms with Crippen LogP contribution in [0.2, 0.25) is 0 Å². The molecule has 0 spiro atoms. The van der Waals surface area contributed by atoms with Gasteiger partial charge in [-0.3, -0.25) is 4.79 Å². The number of aryl methyl sites for hydroxylation is 2. The molecule has 3 rings (SSSR count). The second-order valence-corrected chi connectivity index (χ2v) is 6.55. The number of rotatable bonds is 4. The largest absolute Gasteiger partial charge is 0.326 e. The standard InChI is InChI=1S/C20H23N3O2/c1-14-9-5-7-11-16(14)19-22-20(3,25-23(19)4)13-18(24)21-17-12-8-6-10-15(17)2/h5-12H,13H2,1-4H3,(H,21,24). The van der Waals surface area contributed by atoms with Gasteiger partial charge < -0.3 is 5.32 Å². The van der Waals surface area contributed by atoms with Crippen molar-refractivity contribution in [2.75, 3.05) is 12.4 Å². The molecule has 0 saturated carbocycles. The highest BCUT2D eigenvalue weighted by atomic mass is 16.7. The molecule has 1 unspecified atom stereocenters. The number of para-hydroxylation sites is 1. The lowest BCUT2D eigenvalue weighted by Gasteiger charge is -2.21. The molecule has 1 N–H and O–H groups in total. The number of anilines is 1. The fourth-order valence-electron chi connectivity index (χ4n) is 2.98. The van der Waals surface area contributed by atoms with E-state index in [2.05, 4.69) is 5.32 Å². The molecule has 1 heterocycles. The third kappa shape index (κ3) is 3.72. The predicted molar refractivity (Wildman–Crippen MR) is 99.4 cm³/mol. The molecule has 0 bridgehead atoms. The number of benzene rings is 2. The number of carbonyl (C=O) groups excluding carboxylic acids is 1. The zero-order valence-electron chi connectivity index (χ0n) is 15.0. The number of carbonyl (C=O) groups is 1. The van der Waals surface area contributed by atoms with Crippen LogP contribution < -0.4 is 5.32 Å². The van der Waals surface area contributed by atoms with Gasteiger partial charge in [0.15, 0.2) is 11.6 Å². The van der Waals surface area contributed by atoms with Crippen molar-refractivity contribution in [3.05, 3.63) is 65.2 Å². The van der Waals surface area contributed by atoms with Crippen molar-refractivity contribution in [3.8, 4) is 0 Å². The van der Waals surface area contributed by atoms with Crippen molar-refractivity contribution < 1.29 is 9.63 Å². The van der Waals surface area contributed by atoms with E-state index in [1.54, 1.807) is 5.06 Å². The molecule has 130 valence electrons. The molecule has 1 atom stereocenters. The Hall–Kier alpha value is -2.66. The summed E-state index contributed by atoms with van der Waals surface area (Å²) in [6.45, 7) is 5.82. The minimum absolute atomic E-state index is 0.125. The van der Waals surface area contributed by atoms with Crippen LogP contribution in [0.25, 0.3) is 0 Å². The van der Waals surface area contributed by atoms with E-state index in [0.717, 1.165) is 28.2 Å². The number of aliphatic imine (C=N–C) groups is 1. The molecule has 5 nitrogen and oxygen atoms in total. The summed E-state index contributed by atoms with van der Waals surface area (Å²) in [5, 5.41) is 4.58. The van der Waals surface area contributed by atoms with Gasteiger partial charge in [-0.15, -0.1) is 0 Å². The molecule has 0 fully saturated rings. The van der Waals surface area contributed by atoms with Crippen LogP contribution in [0, 0.1) is 13.8 Å². The normalized spacial score (nSPS) is 19.7. The number of nitrogens with one attached hydrogen (secondary N) is 1. The van der Waals surface area contributed by atoms with Crippen LogP contribution >= 0.6 is 0 Å². The maximum Gasteiger partial charge on any atom is 0.229 e. The first kappa shape index (κ1) is 17.2. The Labute approximate surface area is 148 Å². The molecule has 0 aromatic heterocycles. The lowest BCUT2D eigenvalue weighted by atomic mass is 10.1. The lowest BCUT2D eigenvalue weighted by molar-refractivity contribution is -0.164. The summed E-state index contributed by atoms with van der Waals surface area (Å²) in [5.74, 6) is 0.615. The number of amidine groups is 1. The van der Waals surface area contributed by atoms with Crippen molar-refractivity contribution in [2.45, 2.75) is 32.9 Å². The molecule has 0 saturated heterocycles. The van der Waals surface area contributed by atoms with Gasteiger partial charge in [-0.2, -0.15) is 0 Å². The van der Waals surface area contributed by atoms with E-state index in [-0.39, 0.29) is 12.3 Å². The molecule has 1 aliphatic rings. The van der Waals surface area contributed by atoms with Crippen LogP contribution in [0.5, 0.6) is 0 Å². The fourth-order valence-corrected chi connectivity index (χ4v) is 2.98. The van der Waals surface area contributed by atoms with Crippen LogP contribution in [0.3, 0.4) is 0 Å². The topological polar surface area (TPSA) is 53.9 Å². The zero-order valence-corrected chi connectivity index (χ0v) is 15.0. The molecule has 2 aromatic carbocycles. The Morgan fingerprint density at radius 2 is 1.76 bits per heavy atom. The third-order valence-corrected chi connectivity index (χ3v) is 4.27. The molecule has 1 aliphatic heterocycles. The minimum Gasteiger partial charge on any atom is -0.326 e. The van der Waals surface area contributed by atoms with Gasteiger partial charge in [-0.05, 0) is 38.0 Å². The summed E-state index contributed by atoms with van der Waals surface area (Å²) < 4.78 is 0. The Balaban J connectivity index is 1.77. The van der Waals surface area contributed by atoms with Crippen molar-refractivity contribution in [1.29, 1.82) is 0 Å². The summed E-state index contributed by atoms with van der Waals surface area (Å²) in [6.07, 6.45) is 0.140. The monoisotopic (exact) mass is 337 g/mol. The molecular formula is C20H23N3O2.